The van der Waals surface area contributed by atoms with E-state index in [-0.39, 0.29) is 11.9 Å². The van der Waals surface area contributed by atoms with Crippen molar-refractivity contribution in [3.8, 4) is 0 Å². The number of carbonyl (C=O) groups excluding carboxylic acids is 1. The van der Waals surface area contributed by atoms with Crippen LogP contribution in [0.2, 0.25) is 0 Å². The predicted octanol–water partition coefficient (Wildman–Crippen LogP) is 0.0319. The molecule has 0 aromatic rings. The van der Waals surface area contributed by atoms with Gasteiger partial charge in [0.1, 0.15) is 0 Å². The molecule has 0 bridgehead atoms. The molecular formula is C11H21N3O. The van der Waals surface area contributed by atoms with Crippen molar-refractivity contribution >= 4 is 5.91 Å². The lowest BCUT2D eigenvalue weighted by Crippen LogP contribution is -2.50. The Bertz CT molecular complexity index is 226. The van der Waals surface area contributed by atoms with Crippen molar-refractivity contribution in [3.05, 3.63) is 0 Å². The number of carbonyl (C=O) groups is 1. The van der Waals surface area contributed by atoms with Gasteiger partial charge in [-0.25, -0.2) is 0 Å². The normalized spacial score (nSPS) is 28.7. The van der Waals surface area contributed by atoms with Gasteiger partial charge in [-0.05, 0) is 38.8 Å². The molecule has 0 aromatic carbocycles. The first-order valence-corrected chi connectivity index (χ1v) is 6.04. The lowest BCUT2D eigenvalue weighted by atomic mass is 10.1. The summed E-state index contributed by atoms with van der Waals surface area (Å²) in [6.45, 7) is 5.20. The second-order valence-electron chi connectivity index (χ2n) is 4.62. The number of piperidine rings is 1. The minimum atomic E-state index is -0.239. The van der Waals surface area contributed by atoms with Gasteiger partial charge in [-0.2, -0.15) is 0 Å². The summed E-state index contributed by atoms with van der Waals surface area (Å²) in [5.74, 6) is 0.153. The highest BCUT2D eigenvalue weighted by molar-refractivity contribution is 5.82. The number of nitrogens with zero attached hydrogens (tertiary/aromatic N) is 2. The van der Waals surface area contributed by atoms with E-state index in [1.54, 1.807) is 0 Å². The van der Waals surface area contributed by atoms with Crippen molar-refractivity contribution in [2.45, 2.75) is 31.7 Å². The molecule has 0 spiro atoms. The van der Waals surface area contributed by atoms with E-state index in [9.17, 15) is 4.79 Å². The van der Waals surface area contributed by atoms with Crippen molar-refractivity contribution < 1.29 is 4.79 Å². The summed E-state index contributed by atoms with van der Waals surface area (Å²) in [5, 5.41) is 0. The monoisotopic (exact) mass is 211 g/mol. The molecule has 2 aliphatic heterocycles. The van der Waals surface area contributed by atoms with Gasteiger partial charge in [0.2, 0.25) is 5.91 Å². The minimum Gasteiger partial charge on any atom is -0.340 e. The minimum absolute atomic E-state index is 0.153. The molecule has 1 atom stereocenters. The van der Waals surface area contributed by atoms with Crippen LogP contribution in [0.25, 0.3) is 0 Å². The molecule has 0 saturated carbocycles. The summed E-state index contributed by atoms with van der Waals surface area (Å²) in [4.78, 5) is 16.1. The second-order valence-corrected chi connectivity index (χ2v) is 4.62. The third-order valence-electron chi connectivity index (χ3n) is 3.46. The maximum atomic E-state index is 11.7. The van der Waals surface area contributed by atoms with Gasteiger partial charge < -0.3 is 15.5 Å². The third kappa shape index (κ3) is 2.69. The van der Waals surface area contributed by atoms with Crippen molar-refractivity contribution in [1.29, 1.82) is 0 Å². The summed E-state index contributed by atoms with van der Waals surface area (Å²) in [6.07, 6.45) is 4.55. The number of hydrogen-bond donors (Lipinski definition) is 1. The van der Waals surface area contributed by atoms with E-state index in [2.05, 4.69) is 4.90 Å². The summed E-state index contributed by atoms with van der Waals surface area (Å²) in [6, 6.07) is -0.239. The van der Waals surface area contributed by atoms with Crippen LogP contribution in [-0.4, -0.2) is 54.5 Å². The van der Waals surface area contributed by atoms with Crippen LogP contribution in [0.5, 0.6) is 0 Å². The smallest absolute Gasteiger partial charge is 0.239 e. The average molecular weight is 211 g/mol. The topological polar surface area (TPSA) is 49.6 Å². The number of nitrogens with two attached hydrogens (primary N) is 1. The zero-order valence-electron chi connectivity index (χ0n) is 9.32. The highest BCUT2D eigenvalue weighted by atomic mass is 16.2. The quantitative estimate of drug-likeness (QED) is 0.716. The lowest BCUT2D eigenvalue weighted by molar-refractivity contribution is -0.135. The molecule has 15 heavy (non-hydrogen) atoms. The molecule has 0 radical (unpaired) electrons. The van der Waals surface area contributed by atoms with Crippen LogP contribution in [0.1, 0.15) is 25.7 Å². The number of rotatable bonds is 3. The highest BCUT2D eigenvalue weighted by Crippen LogP contribution is 2.11. The SMILES string of the molecule is NC1CCCN(CCN2CCCC2)C1=O. The molecule has 2 fully saturated rings. The third-order valence-corrected chi connectivity index (χ3v) is 3.46. The Hall–Kier alpha value is -0.610. The Morgan fingerprint density at radius 1 is 1.13 bits per heavy atom. The molecular weight excluding hydrogens is 190 g/mol. The van der Waals surface area contributed by atoms with Crippen molar-refractivity contribution in [1.82, 2.24) is 9.80 Å². The first-order chi connectivity index (χ1) is 7.27. The zero-order valence-corrected chi connectivity index (χ0v) is 9.32. The van der Waals surface area contributed by atoms with Gasteiger partial charge in [-0.3, -0.25) is 4.79 Å². The van der Waals surface area contributed by atoms with Gasteiger partial charge in [-0.1, -0.05) is 0 Å². The summed E-state index contributed by atoms with van der Waals surface area (Å²) < 4.78 is 0. The molecule has 86 valence electrons. The number of hydrogen-bond acceptors (Lipinski definition) is 3. The summed E-state index contributed by atoms with van der Waals surface area (Å²) in [7, 11) is 0. The zero-order chi connectivity index (χ0) is 10.7. The van der Waals surface area contributed by atoms with E-state index in [1.165, 1.54) is 25.9 Å². The number of amides is 1. The predicted molar refractivity (Wildman–Crippen MR) is 59.5 cm³/mol. The van der Waals surface area contributed by atoms with E-state index in [1.807, 2.05) is 4.90 Å². The summed E-state index contributed by atoms with van der Waals surface area (Å²) >= 11 is 0. The molecule has 2 aliphatic rings. The molecule has 2 rings (SSSR count). The van der Waals surface area contributed by atoms with Crippen LogP contribution in [-0.2, 0) is 4.79 Å². The van der Waals surface area contributed by atoms with Crippen molar-refractivity contribution in [2.75, 3.05) is 32.7 Å². The van der Waals surface area contributed by atoms with Crippen LogP contribution in [0.3, 0.4) is 0 Å². The van der Waals surface area contributed by atoms with Gasteiger partial charge in [0.25, 0.3) is 0 Å². The number of likely N-dealkylation sites (tertiary alicyclic amines) is 2. The Labute approximate surface area is 91.4 Å². The molecule has 0 aromatic heterocycles. The van der Waals surface area contributed by atoms with E-state index in [0.29, 0.717) is 0 Å². The molecule has 1 amide bonds. The molecule has 2 N–H and O–H groups in total. The van der Waals surface area contributed by atoms with Crippen molar-refractivity contribution in [3.63, 3.8) is 0 Å². The Morgan fingerprint density at radius 3 is 2.60 bits per heavy atom. The first kappa shape index (κ1) is 10.9. The van der Waals surface area contributed by atoms with Gasteiger partial charge in [0.15, 0.2) is 0 Å². The fourth-order valence-electron chi connectivity index (χ4n) is 2.46. The fraction of sp³-hybridized carbons (Fsp3) is 0.909. The lowest BCUT2D eigenvalue weighted by Gasteiger charge is -2.31. The second kappa shape index (κ2) is 4.94. The van der Waals surface area contributed by atoms with Crippen LogP contribution in [0.15, 0.2) is 0 Å². The van der Waals surface area contributed by atoms with Crippen LogP contribution in [0, 0.1) is 0 Å². The van der Waals surface area contributed by atoms with Gasteiger partial charge in [0, 0.05) is 19.6 Å². The molecule has 2 saturated heterocycles. The van der Waals surface area contributed by atoms with E-state index in [0.717, 1.165) is 32.5 Å². The van der Waals surface area contributed by atoms with E-state index in [4.69, 9.17) is 5.73 Å². The Morgan fingerprint density at radius 2 is 1.87 bits per heavy atom. The maximum absolute atomic E-state index is 11.7. The van der Waals surface area contributed by atoms with Gasteiger partial charge >= 0.3 is 0 Å². The first-order valence-electron chi connectivity index (χ1n) is 6.04. The standard InChI is InChI=1S/C11H21N3O/c12-10-4-3-7-14(11(10)15)9-8-13-5-1-2-6-13/h10H,1-9,12H2. The van der Waals surface area contributed by atoms with E-state index < -0.39 is 0 Å². The fourth-order valence-corrected chi connectivity index (χ4v) is 2.46. The summed E-state index contributed by atoms with van der Waals surface area (Å²) in [5.41, 5.74) is 5.75. The maximum Gasteiger partial charge on any atom is 0.239 e. The van der Waals surface area contributed by atoms with Crippen LogP contribution >= 0.6 is 0 Å². The van der Waals surface area contributed by atoms with Crippen molar-refractivity contribution in [2.24, 2.45) is 5.73 Å². The van der Waals surface area contributed by atoms with Gasteiger partial charge in [0.05, 0.1) is 6.04 Å². The van der Waals surface area contributed by atoms with Crippen LogP contribution < -0.4 is 5.73 Å². The Kier molecular flexibility index (Phi) is 3.59. The van der Waals surface area contributed by atoms with Crippen LogP contribution in [0.4, 0.5) is 0 Å². The molecule has 4 heteroatoms. The largest absolute Gasteiger partial charge is 0.340 e. The molecule has 0 aliphatic carbocycles. The molecule has 1 unspecified atom stereocenters. The highest BCUT2D eigenvalue weighted by Gasteiger charge is 2.25. The average Bonchev–Trinajstić information content (AvgIpc) is 2.73. The molecule has 4 nitrogen and oxygen atoms in total. The van der Waals surface area contributed by atoms with E-state index >= 15 is 0 Å². The van der Waals surface area contributed by atoms with Gasteiger partial charge in [-0.15, -0.1) is 0 Å². The Balaban J connectivity index is 1.75. The molecule has 2 heterocycles.